The Kier molecular flexibility index (Phi) is 5.61. The van der Waals surface area contributed by atoms with Crippen LogP contribution in [0.3, 0.4) is 0 Å². The molecule has 1 aromatic rings. The number of fused-ring (bicyclic) bond motifs is 1. The van der Waals surface area contributed by atoms with Crippen LogP contribution < -0.4 is 5.32 Å². The Bertz CT molecular complexity index is 1010. The van der Waals surface area contributed by atoms with Gasteiger partial charge in [-0.3, -0.25) is 4.79 Å². The zero-order valence-corrected chi connectivity index (χ0v) is 18.3. The van der Waals surface area contributed by atoms with Gasteiger partial charge in [0.25, 0.3) is 15.9 Å². The number of sulfonamides is 1. The summed E-state index contributed by atoms with van der Waals surface area (Å²) in [4.78, 5) is 15.2. The van der Waals surface area contributed by atoms with Crippen molar-refractivity contribution < 1.29 is 18.3 Å². The number of para-hydroxylation sites is 1. The van der Waals surface area contributed by atoms with E-state index < -0.39 is 16.1 Å². The van der Waals surface area contributed by atoms with Crippen LogP contribution in [-0.2, 0) is 14.8 Å². The van der Waals surface area contributed by atoms with E-state index in [0.717, 1.165) is 32.1 Å². The molecule has 1 fully saturated rings. The minimum atomic E-state index is -3.95. The molecular formula is C22H29N3O4S. The van der Waals surface area contributed by atoms with E-state index in [9.17, 15) is 18.3 Å². The van der Waals surface area contributed by atoms with Crippen molar-refractivity contribution in [2.75, 3.05) is 11.9 Å². The van der Waals surface area contributed by atoms with Crippen LogP contribution in [0.2, 0.25) is 0 Å². The Morgan fingerprint density at radius 1 is 1.20 bits per heavy atom. The van der Waals surface area contributed by atoms with Gasteiger partial charge in [0.05, 0.1) is 11.7 Å². The first-order valence-electron chi connectivity index (χ1n) is 10.7. The Hall–Kier alpha value is -2.35. The molecule has 1 atom stereocenters. The average molecular weight is 432 g/mol. The standard InChI is InChI=1S/C22H29N3O4S/c1-14(2)12-13-25-19(15-8-4-3-5-9-15)20(26)18(22(25)27)21-23-16-10-6-7-11-17(16)30(28,29)24-21/h6-7,10-11,14-15,19,26H,3-5,8-9,12-13H2,1-2H3,(H,23,24). The fraction of sp³-hybridized carbons (Fsp3) is 0.545. The van der Waals surface area contributed by atoms with Gasteiger partial charge < -0.3 is 15.3 Å². The largest absolute Gasteiger partial charge is 0.509 e. The van der Waals surface area contributed by atoms with Crippen molar-refractivity contribution in [1.29, 1.82) is 0 Å². The maximum atomic E-state index is 13.4. The van der Waals surface area contributed by atoms with E-state index in [0.29, 0.717) is 18.2 Å². The second kappa shape index (κ2) is 8.06. The number of carbonyl (C=O) groups excluding carboxylic acids is 1. The summed E-state index contributed by atoms with van der Waals surface area (Å²) in [5, 5.41) is 14.1. The summed E-state index contributed by atoms with van der Waals surface area (Å²) in [5.74, 6) is 0.124. The lowest BCUT2D eigenvalue weighted by atomic mass is 9.83. The number of carbonyl (C=O) groups is 1. The zero-order valence-electron chi connectivity index (χ0n) is 17.5. The van der Waals surface area contributed by atoms with Gasteiger partial charge >= 0.3 is 0 Å². The maximum Gasteiger partial charge on any atom is 0.286 e. The number of nitrogens with one attached hydrogen (secondary N) is 1. The molecule has 1 aromatic carbocycles. The molecule has 30 heavy (non-hydrogen) atoms. The SMILES string of the molecule is CC(C)CCN1C(=O)C(C2=NS(=O)(=O)c3ccccc3N2)=C(O)C1C1CCCCC1. The average Bonchev–Trinajstić information content (AvgIpc) is 2.96. The summed E-state index contributed by atoms with van der Waals surface area (Å²) < 4.78 is 29.2. The lowest BCUT2D eigenvalue weighted by molar-refractivity contribution is -0.127. The van der Waals surface area contributed by atoms with E-state index in [1.807, 2.05) is 0 Å². The quantitative estimate of drug-likeness (QED) is 0.738. The number of benzene rings is 1. The molecule has 2 heterocycles. The summed E-state index contributed by atoms with van der Waals surface area (Å²) in [5.41, 5.74) is 0.359. The molecule has 162 valence electrons. The van der Waals surface area contributed by atoms with Crippen LogP contribution in [-0.4, -0.2) is 42.8 Å². The van der Waals surface area contributed by atoms with Gasteiger partial charge in [0.2, 0.25) is 0 Å². The number of amides is 1. The van der Waals surface area contributed by atoms with Gasteiger partial charge in [0.1, 0.15) is 16.2 Å². The predicted molar refractivity (Wildman–Crippen MR) is 116 cm³/mol. The Balaban J connectivity index is 1.74. The molecule has 0 aromatic heterocycles. The molecule has 8 heteroatoms. The summed E-state index contributed by atoms with van der Waals surface area (Å²) in [6.07, 6.45) is 6.05. The molecule has 3 aliphatic rings. The van der Waals surface area contributed by atoms with Gasteiger partial charge in [-0.2, -0.15) is 8.42 Å². The molecule has 0 bridgehead atoms. The number of aliphatic hydroxyl groups is 1. The van der Waals surface area contributed by atoms with Crippen molar-refractivity contribution in [3.8, 4) is 0 Å². The van der Waals surface area contributed by atoms with Gasteiger partial charge in [0.15, 0.2) is 5.84 Å². The normalized spacial score (nSPS) is 24.1. The van der Waals surface area contributed by atoms with E-state index >= 15 is 0 Å². The van der Waals surface area contributed by atoms with Crippen molar-refractivity contribution in [2.24, 2.45) is 16.2 Å². The fourth-order valence-corrected chi connectivity index (χ4v) is 5.81. The molecule has 4 rings (SSSR count). The van der Waals surface area contributed by atoms with Crippen LogP contribution in [0.1, 0.15) is 52.4 Å². The second-order valence-corrected chi connectivity index (χ2v) is 10.4. The van der Waals surface area contributed by atoms with E-state index in [4.69, 9.17) is 0 Å². The lowest BCUT2D eigenvalue weighted by Gasteiger charge is -2.34. The maximum absolute atomic E-state index is 13.4. The highest BCUT2D eigenvalue weighted by atomic mass is 32.2. The fourth-order valence-electron chi connectivity index (χ4n) is 4.69. The number of hydrogen-bond acceptors (Lipinski definition) is 5. The third-order valence-corrected chi connectivity index (χ3v) is 7.59. The van der Waals surface area contributed by atoms with Crippen LogP contribution in [0.25, 0.3) is 0 Å². The van der Waals surface area contributed by atoms with E-state index in [1.165, 1.54) is 12.5 Å². The van der Waals surface area contributed by atoms with Gasteiger partial charge in [0, 0.05) is 6.54 Å². The molecule has 2 N–H and O–H groups in total. The molecule has 0 spiro atoms. The van der Waals surface area contributed by atoms with Crippen LogP contribution >= 0.6 is 0 Å². The van der Waals surface area contributed by atoms with Gasteiger partial charge in [-0.15, -0.1) is 4.40 Å². The first-order chi connectivity index (χ1) is 14.3. The number of anilines is 1. The number of hydrogen-bond donors (Lipinski definition) is 2. The molecular weight excluding hydrogens is 402 g/mol. The number of nitrogens with zero attached hydrogens (tertiary/aromatic N) is 2. The van der Waals surface area contributed by atoms with Gasteiger partial charge in [-0.25, -0.2) is 0 Å². The number of aliphatic hydroxyl groups excluding tert-OH is 1. The van der Waals surface area contributed by atoms with Crippen molar-refractivity contribution in [3.05, 3.63) is 35.6 Å². The molecule has 0 saturated heterocycles. The van der Waals surface area contributed by atoms with E-state index in [-0.39, 0.29) is 33.9 Å². The molecule has 7 nitrogen and oxygen atoms in total. The summed E-state index contributed by atoms with van der Waals surface area (Å²) in [6, 6.07) is 6.05. The van der Waals surface area contributed by atoms with Crippen LogP contribution in [0.4, 0.5) is 5.69 Å². The lowest BCUT2D eigenvalue weighted by Crippen LogP contribution is -2.42. The third kappa shape index (κ3) is 3.73. The zero-order chi connectivity index (χ0) is 21.5. The molecule has 0 radical (unpaired) electrons. The first kappa shape index (κ1) is 20.9. The molecule has 1 unspecified atom stereocenters. The van der Waals surface area contributed by atoms with Crippen LogP contribution in [0, 0.1) is 11.8 Å². The topological polar surface area (TPSA) is 99.1 Å². The molecule has 1 amide bonds. The van der Waals surface area contributed by atoms with Crippen molar-refractivity contribution in [2.45, 2.75) is 63.3 Å². The first-order valence-corrected chi connectivity index (χ1v) is 12.2. The monoisotopic (exact) mass is 431 g/mol. The Morgan fingerprint density at radius 2 is 1.90 bits per heavy atom. The van der Waals surface area contributed by atoms with Gasteiger partial charge in [-0.05, 0) is 43.2 Å². The van der Waals surface area contributed by atoms with Crippen molar-refractivity contribution >= 4 is 27.5 Å². The van der Waals surface area contributed by atoms with Gasteiger partial charge in [-0.1, -0.05) is 45.2 Å². The van der Waals surface area contributed by atoms with Crippen LogP contribution in [0.15, 0.2) is 44.9 Å². The summed E-state index contributed by atoms with van der Waals surface area (Å²) in [6.45, 7) is 4.73. The Morgan fingerprint density at radius 3 is 2.60 bits per heavy atom. The Labute approximate surface area is 177 Å². The molecule has 1 saturated carbocycles. The minimum Gasteiger partial charge on any atom is -0.509 e. The van der Waals surface area contributed by atoms with Crippen molar-refractivity contribution in [1.82, 2.24) is 4.90 Å². The summed E-state index contributed by atoms with van der Waals surface area (Å²) >= 11 is 0. The minimum absolute atomic E-state index is 0.00703. The summed E-state index contributed by atoms with van der Waals surface area (Å²) in [7, 11) is -3.95. The number of amidine groups is 1. The van der Waals surface area contributed by atoms with Crippen LogP contribution in [0.5, 0.6) is 0 Å². The molecule has 2 aliphatic heterocycles. The highest BCUT2D eigenvalue weighted by molar-refractivity contribution is 7.90. The second-order valence-electron chi connectivity index (χ2n) is 8.82. The molecule has 1 aliphatic carbocycles. The third-order valence-electron chi connectivity index (χ3n) is 6.26. The smallest absolute Gasteiger partial charge is 0.286 e. The van der Waals surface area contributed by atoms with E-state index in [2.05, 4.69) is 23.6 Å². The highest BCUT2D eigenvalue weighted by Crippen LogP contribution is 2.39. The highest BCUT2D eigenvalue weighted by Gasteiger charge is 2.46. The van der Waals surface area contributed by atoms with Crippen molar-refractivity contribution in [3.63, 3.8) is 0 Å². The predicted octanol–water partition coefficient (Wildman–Crippen LogP) is 3.85. The van der Waals surface area contributed by atoms with E-state index in [1.54, 1.807) is 23.1 Å². The number of rotatable bonds is 5.